The molecule has 22 heteroatoms. The number of phosphoric ester groups is 1. The Morgan fingerprint density at radius 1 is 1.02 bits per heavy atom. The molecule has 2 heterocycles. The van der Waals surface area contributed by atoms with E-state index in [1.54, 1.807) is 6.07 Å². The van der Waals surface area contributed by atoms with Gasteiger partial charge < -0.3 is 48.0 Å². The number of carbonyl (C=O) groups excluding carboxylic acids is 3. The molecule has 48 heavy (non-hydrogen) atoms. The molecule has 1 unspecified atom stereocenters. The van der Waals surface area contributed by atoms with Crippen LogP contribution in [0, 0.1) is 0 Å². The van der Waals surface area contributed by atoms with E-state index < -0.39 is 98.5 Å². The first-order valence-corrected chi connectivity index (χ1v) is 15.2. The zero-order valence-electron chi connectivity index (χ0n) is 25.5. The van der Waals surface area contributed by atoms with Gasteiger partial charge in [0.25, 0.3) is 5.56 Å². The van der Waals surface area contributed by atoms with Gasteiger partial charge in [0.2, 0.25) is 0 Å². The average Bonchev–Trinajstić information content (AvgIpc) is 3.23. The molecule has 0 aliphatic carbocycles. The lowest BCUT2D eigenvalue weighted by molar-refractivity contribution is -0.157. The quantitative estimate of drug-likeness (QED) is 0.0605. The van der Waals surface area contributed by atoms with Gasteiger partial charge in [0, 0.05) is 12.3 Å². The smallest absolute Gasteiger partial charge is 0.481 e. The number of aromatic nitrogens is 2. The van der Waals surface area contributed by atoms with Crippen LogP contribution >= 0.6 is 7.82 Å². The molecule has 1 aromatic carbocycles. The number of aliphatic hydroxyl groups excluding tert-OH is 1. The van der Waals surface area contributed by atoms with Crippen molar-refractivity contribution >= 4 is 31.7 Å². The van der Waals surface area contributed by atoms with E-state index in [-0.39, 0.29) is 5.75 Å². The third-order valence-corrected chi connectivity index (χ3v) is 7.71. The number of ether oxygens (including phenoxy) is 2. The third kappa shape index (κ3) is 10.0. The van der Waals surface area contributed by atoms with Gasteiger partial charge >= 0.3 is 37.4 Å². The summed E-state index contributed by atoms with van der Waals surface area (Å²) in [6.45, 7) is 0.443. The highest BCUT2D eigenvalue weighted by atomic mass is 31.2. The zero-order valence-corrected chi connectivity index (χ0v) is 26.4. The van der Waals surface area contributed by atoms with Gasteiger partial charge in [0.15, 0.2) is 6.23 Å². The minimum atomic E-state index is -5.26. The fourth-order valence-corrected chi connectivity index (χ4v) is 5.40. The van der Waals surface area contributed by atoms with E-state index in [0.717, 1.165) is 38.0 Å². The number of nitrogens with one attached hydrogen (secondary N) is 3. The summed E-state index contributed by atoms with van der Waals surface area (Å²) in [5, 5.41) is 30.5. The van der Waals surface area contributed by atoms with Crippen LogP contribution in [0.4, 0.5) is 0 Å². The van der Waals surface area contributed by atoms with Crippen molar-refractivity contribution in [1.29, 1.82) is 0 Å². The van der Waals surface area contributed by atoms with Crippen LogP contribution in [0.2, 0.25) is 0 Å². The van der Waals surface area contributed by atoms with Crippen LogP contribution in [0.15, 0.2) is 52.2 Å². The number of aliphatic carboxylic acids is 1. The van der Waals surface area contributed by atoms with Crippen LogP contribution in [0.5, 0.6) is 5.75 Å². The molecule has 0 radical (unpaired) electrons. The van der Waals surface area contributed by atoms with E-state index in [2.05, 4.69) is 10.3 Å². The Kier molecular flexibility index (Phi) is 13.1. The number of carboxylic acids is 1. The molecule has 7 atom stereocenters. The number of esters is 1. The first kappa shape index (κ1) is 38.0. The van der Waals surface area contributed by atoms with Crippen molar-refractivity contribution in [3.63, 3.8) is 0 Å². The summed E-state index contributed by atoms with van der Waals surface area (Å²) in [7, 11) is -3.14. The summed E-state index contributed by atoms with van der Waals surface area (Å²) in [6, 6.07) is 4.47. The summed E-state index contributed by atoms with van der Waals surface area (Å²) in [4.78, 5) is 84.5. The molecular weight excluding hydrogens is 671 g/mol. The minimum absolute atomic E-state index is 0.194. The summed E-state index contributed by atoms with van der Waals surface area (Å²) >= 11 is 0. The number of para-hydroxylation sites is 1. The fraction of sp³-hybridized carbons (Fsp3) is 0.462. The normalized spacial score (nSPS) is 22.9. The van der Waals surface area contributed by atoms with Crippen LogP contribution in [0.25, 0.3) is 0 Å². The number of benzene rings is 1. The molecule has 1 aromatic heterocycles. The number of rotatable bonds is 17. The molecule has 3 rings (SSSR count). The van der Waals surface area contributed by atoms with Crippen molar-refractivity contribution < 1.29 is 71.8 Å². The van der Waals surface area contributed by atoms with Crippen molar-refractivity contribution in [2.24, 2.45) is 0 Å². The van der Waals surface area contributed by atoms with Crippen molar-refractivity contribution in [3.05, 3.63) is 63.4 Å². The second-order valence-electron chi connectivity index (χ2n) is 10.1. The van der Waals surface area contributed by atoms with Crippen molar-refractivity contribution in [3.8, 4) is 5.75 Å². The number of aliphatic hydroxyl groups is 2. The number of phosphoric acid groups is 1. The van der Waals surface area contributed by atoms with Gasteiger partial charge in [-0.2, -0.15) is 15.5 Å². The maximum Gasteiger partial charge on any atom is 0.651 e. The average molecular weight is 705 g/mol. The Morgan fingerprint density at radius 2 is 1.60 bits per heavy atom. The topological polar surface area (TPSA) is 290 Å². The first-order valence-electron chi connectivity index (χ1n) is 13.7. The summed E-state index contributed by atoms with van der Waals surface area (Å²) in [5.74, 6) is -5.84. The molecule has 0 saturated carbocycles. The molecule has 6 N–H and O–H groups in total. The van der Waals surface area contributed by atoms with Gasteiger partial charge in [-0.15, -0.1) is 0 Å². The van der Waals surface area contributed by atoms with Crippen molar-refractivity contribution in [1.82, 2.24) is 20.5 Å². The van der Waals surface area contributed by atoms with Crippen molar-refractivity contribution in [2.75, 3.05) is 20.8 Å². The summed E-state index contributed by atoms with van der Waals surface area (Å²) in [6.07, 6.45) is -5.36. The van der Waals surface area contributed by atoms with Gasteiger partial charge in [-0.05, 0) is 19.1 Å². The second-order valence-corrected chi connectivity index (χ2v) is 11.6. The largest absolute Gasteiger partial charge is 0.651 e. The van der Waals surface area contributed by atoms with E-state index in [4.69, 9.17) is 33.0 Å². The molecule has 21 nitrogen and oxygen atoms in total. The molecule has 1 aliphatic rings. The molecule has 1 aliphatic heterocycles. The monoisotopic (exact) mass is 704 g/mol. The molecular formula is C26H33N4O17P. The number of aromatic amines is 1. The lowest BCUT2D eigenvalue weighted by Crippen LogP contribution is -2.47. The van der Waals surface area contributed by atoms with E-state index >= 15 is 0 Å². The molecule has 1 fully saturated rings. The van der Waals surface area contributed by atoms with Crippen LogP contribution < -0.4 is 26.7 Å². The van der Waals surface area contributed by atoms with Crippen LogP contribution in [0.3, 0.4) is 0 Å². The Balaban J connectivity index is 1.72. The molecule has 0 spiro atoms. The second kappa shape index (κ2) is 16.6. The first-order chi connectivity index (χ1) is 22.6. The Bertz CT molecular complexity index is 1610. The van der Waals surface area contributed by atoms with Gasteiger partial charge in [0.05, 0.1) is 27.1 Å². The molecule has 0 amide bonds. The number of hydrogen-bond donors (Lipinski definition) is 6. The molecule has 1 saturated heterocycles. The van der Waals surface area contributed by atoms with Gasteiger partial charge in [0.1, 0.15) is 42.2 Å². The maximum absolute atomic E-state index is 13.6. The highest BCUT2D eigenvalue weighted by Gasteiger charge is 2.54. The highest BCUT2D eigenvalue weighted by molar-refractivity contribution is 7.50. The molecule has 264 valence electrons. The van der Waals surface area contributed by atoms with Crippen LogP contribution in [-0.2, 0) is 51.9 Å². The van der Waals surface area contributed by atoms with E-state index in [1.165, 1.54) is 24.3 Å². The van der Waals surface area contributed by atoms with Gasteiger partial charge in [-0.3, -0.25) is 23.9 Å². The third-order valence-electron chi connectivity index (χ3n) is 6.47. The SMILES string of the molecule is CON[C@@H](CC(=O)O)C(=O)OP(=O)(OC(=O)[C@H](CC(=O)OC[C@H]1O[C@@H](n2ccc(=O)[nH]c2=O)[C@](C)(O)[C@@H]1O)NOC)Oc1ccccc1. The van der Waals surface area contributed by atoms with E-state index in [1.807, 2.05) is 10.5 Å². The lowest BCUT2D eigenvalue weighted by atomic mass is 9.96. The number of hydroxylamine groups is 2. The minimum Gasteiger partial charge on any atom is -0.481 e. The standard InChI is InChI=1S/C26H33N4O17P/c1-26(39)21(35)17(44-24(26)30-10-9-18(31)27-25(30)38)13-43-20(34)12-16(29-42-3)23(37)47-48(40,45-14-7-5-4-6-8-14)46-22(36)15(28-41-2)11-19(32)33/h4-10,15-17,21,24,28-29,35,39H,11-13H2,1-3H3,(H,32,33)(H,27,31,38)/t15-,16-,17+,21+,24+,26+,48?/m0/s1. The van der Waals surface area contributed by atoms with E-state index in [9.17, 15) is 43.5 Å². The van der Waals surface area contributed by atoms with Gasteiger partial charge in [-0.25, -0.2) is 14.4 Å². The number of carbonyl (C=O) groups is 4. The zero-order chi connectivity index (χ0) is 35.6. The molecule has 2 aromatic rings. The Hall–Kier alpha value is -4.47. The Labute approximate surface area is 270 Å². The molecule has 0 bridgehead atoms. The van der Waals surface area contributed by atoms with Crippen LogP contribution in [0.1, 0.15) is 26.0 Å². The maximum atomic E-state index is 13.6. The van der Waals surface area contributed by atoms with E-state index in [0.29, 0.717) is 0 Å². The number of hydrogen-bond acceptors (Lipinski definition) is 18. The summed E-state index contributed by atoms with van der Waals surface area (Å²) in [5.41, 5.74) is 0.405. The number of H-pyrrole nitrogens is 1. The predicted molar refractivity (Wildman–Crippen MR) is 154 cm³/mol. The number of carboxylic acid groups (broad SMARTS) is 1. The van der Waals surface area contributed by atoms with Gasteiger partial charge in [-0.1, -0.05) is 18.2 Å². The highest BCUT2D eigenvalue weighted by Crippen LogP contribution is 2.50. The summed E-state index contributed by atoms with van der Waals surface area (Å²) < 4.78 is 39.9. The Morgan fingerprint density at radius 3 is 2.15 bits per heavy atom. The number of nitrogens with zero attached hydrogens (tertiary/aromatic N) is 1. The fourth-order valence-electron chi connectivity index (χ4n) is 4.21. The lowest BCUT2D eigenvalue weighted by Gasteiger charge is -2.27. The van der Waals surface area contributed by atoms with Crippen molar-refractivity contribution in [2.45, 2.75) is 55.9 Å². The van der Waals surface area contributed by atoms with Crippen LogP contribution in [-0.4, -0.2) is 99.5 Å². The predicted octanol–water partition coefficient (Wildman–Crippen LogP) is -1.73.